The number of hydrazone groups is 1. The fourth-order valence-corrected chi connectivity index (χ4v) is 6.28. The third-order valence-corrected chi connectivity index (χ3v) is 8.18. The molecule has 1 spiro atoms. The fraction of sp³-hybridized carbons (Fsp3) is 0.333. The Hall–Kier alpha value is -3.74. The Morgan fingerprint density at radius 1 is 0.824 bits per heavy atom. The van der Waals surface area contributed by atoms with E-state index in [1.54, 1.807) is 0 Å². The average molecular weight is 453 g/mol. The van der Waals surface area contributed by atoms with Crippen LogP contribution in [0.3, 0.4) is 0 Å². The summed E-state index contributed by atoms with van der Waals surface area (Å²) >= 11 is 0. The van der Waals surface area contributed by atoms with Crippen molar-refractivity contribution in [3.05, 3.63) is 83.9 Å². The Bertz CT molecular complexity index is 1290. The van der Waals surface area contributed by atoms with E-state index in [9.17, 15) is 4.79 Å². The van der Waals surface area contributed by atoms with Gasteiger partial charge in [0.15, 0.2) is 5.78 Å². The molecule has 2 fully saturated rings. The standard InChI is InChI=1S/C27H28N6O/c28-31-23-18-27(33-30,21-10-2-1-3-11-21)26(24(23)34)15-13-25(32-29,14-16-26)17-20-9-6-8-19-7-4-5-12-22(19)20/h1-12,29-30H,13-18,28H2. The molecule has 2 aliphatic carbocycles. The molecule has 0 aromatic heterocycles. The molecule has 7 nitrogen and oxygen atoms in total. The fourth-order valence-electron chi connectivity index (χ4n) is 6.28. The van der Waals surface area contributed by atoms with E-state index in [0.717, 1.165) is 11.1 Å². The largest absolute Gasteiger partial charge is 0.323 e. The molecule has 4 N–H and O–H groups in total. The second kappa shape index (κ2) is 8.24. The third-order valence-electron chi connectivity index (χ3n) is 8.18. The summed E-state index contributed by atoms with van der Waals surface area (Å²) in [5.74, 6) is 5.51. The summed E-state index contributed by atoms with van der Waals surface area (Å²) < 4.78 is 0. The lowest BCUT2D eigenvalue weighted by Gasteiger charge is -2.47. The molecule has 0 radical (unpaired) electrons. The monoisotopic (exact) mass is 452 g/mol. The van der Waals surface area contributed by atoms with Crippen LogP contribution < -0.4 is 5.84 Å². The van der Waals surface area contributed by atoms with Gasteiger partial charge in [0, 0.05) is 6.42 Å². The quantitative estimate of drug-likeness (QED) is 0.252. The van der Waals surface area contributed by atoms with Crippen LogP contribution in [0.1, 0.15) is 43.2 Å². The number of hydrogen-bond acceptors (Lipinski definition) is 7. The van der Waals surface area contributed by atoms with Gasteiger partial charge in [0.25, 0.3) is 0 Å². The lowest BCUT2D eigenvalue weighted by molar-refractivity contribution is -0.127. The average Bonchev–Trinajstić information content (AvgIpc) is 3.14. The van der Waals surface area contributed by atoms with Crippen LogP contribution in [0.4, 0.5) is 0 Å². The van der Waals surface area contributed by atoms with E-state index in [-0.39, 0.29) is 12.2 Å². The van der Waals surface area contributed by atoms with Crippen LogP contribution >= 0.6 is 0 Å². The molecule has 0 aliphatic heterocycles. The van der Waals surface area contributed by atoms with Crippen molar-refractivity contribution in [1.82, 2.24) is 0 Å². The van der Waals surface area contributed by atoms with Crippen molar-refractivity contribution >= 4 is 22.3 Å². The van der Waals surface area contributed by atoms with Crippen molar-refractivity contribution in [2.45, 2.75) is 49.6 Å². The highest BCUT2D eigenvalue weighted by Gasteiger charge is 2.66. The van der Waals surface area contributed by atoms with Crippen LogP contribution in [0.2, 0.25) is 0 Å². The van der Waals surface area contributed by atoms with Gasteiger partial charge in [0.2, 0.25) is 0 Å². The predicted molar refractivity (Wildman–Crippen MR) is 131 cm³/mol. The molecule has 0 amide bonds. The van der Waals surface area contributed by atoms with Crippen molar-refractivity contribution in [2.24, 2.45) is 26.6 Å². The zero-order valence-corrected chi connectivity index (χ0v) is 19.0. The van der Waals surface area contributed by atoms with E-state index >= 15 is 0 Å². The van der Waals surface area contributed by atoms with Gasteiger partial charge in [-0.05, 0) is 54.0 Å². The molecule has 172 valence electrons. The number of nitrogens with two attached hydrogens (primary N) is 1. The van der Waals surface area contributed by atoms with Crippen molar-refractivity contribution in [2.75, 3.05) is 0 Å². The Balaban J connectivity index is 1.53. The number of benzene rings is 3. The number of Topliss-reactive ketones (excluding diaryl/α,β-unsaturated/α-hetero) is 1. The zero-order chi connectivity index (χ0) is 23.8. The first-order chi connectivity index (χ1) is 16.5. The Morgan fingerprint density at radius 2 is 1.50 bits per heavy atom. The van der Waals surface area contributed by atoms with Crippen LogP contribution in [0.25, 0.3) is 10.8 Å². The van der Waals surface area contributed by atoms with Gasteiger partial charge in [-0.1, -0.05) is 72.8 Å². The normalized spacial score (nSPS) is 30.1. The Kier molecular flexibility index (Phi) is 5.35. The molecule has 1 unspecified atom stereocenters. The lowest BCUT2D eigenvalue weighted by Crippen LogP contribution is -2.50. The molecule has 2 saturated carbocycles. The number of rotatable bonds is 5. The first-order valence-corrected chi connectivity index (χ1v) is 11.6. The topological polar surface area (TPSA) is 128 Å². The molecule has 0 heterocycles. The molecule has 2 aliphatic rings. The Morgan fingerprint density at radius 3 is 2.18 bits per heavy atom. The van der Waals surface area contributed by atoms with E-state index in [1.165, 1.54) is 10.8 Å². The van der Waals surface area contributed by atoms with Gasteiger partial charge < -0.3 is 5.84 Å². The summed E-state index contributed by atoms with van der Waals surface area (Å²) in [5, 5.41) is 14.4. The van der Waals surface area contributed by atoms with Crippen LogP contribution in [0.5, 0.6) is 0 Å². The summed E-state index contributed by atoms with van der Waals surface area (Å²) in [6.45, 7) is 0. The maximum atomic E-state index is 13.7. The first kappa shape index (κ1) is 22.1. The smallest absolute Gasteiger partial charge is 0.187 e. The first-order valence-electron chi connectivity index (χ1n) is 11.6. The van der Waals surface area contributed by atoms with E-state index < -0.39 is 16.5 Å². The number of fused-ring (bicyclic) bond motifs is 1. The summed E-state index contributed by atoms with van der Waals surface area (Å²) in [6, 6.07) is 24.1. The summed E-state index contributed by atoms with van der Waals surface area (Å²) in [6.07, 6.45) is 2.95. The minimum absolute atomic E-state index is 0.112. The predicted octanol–water partition coefficient (Wildman–Crippen LogP) is 5.93. The van der Waals surface area contributed by atoms with Crippen LogP contribution in [-0.2, 0) is 16.8 Å². The number of ketones is 1. The minimum atomic E-state index is -1.03. The molecular weight excluding hydrogens is 424 g/mol. The molecule has 0 bridgehead atoms. The maximum Gasteiger partial charge on any atom is 0.187 e. The number of carbonyl (C=O) groups excluding carboxylic acids is 1. The van der Waals surface area contributed by atoms with Gasteiger partial charge in [0.1, 0.15) is 11.3 Å². The second-order valence-corrected chi connectivity index (χ2v) is 9.65. The molecular formula is C27H28N6O. The van der Waals surface area contributed by atoms with E-state index in [1.807, 2.05) is 48.5 Å². The van der Waals surface area contributed by atoms with Gasteiger partial charge in [-0.15, -0.1) is 0 Å². The van der Waals surface area contributed by atoms with Gasteiger partial charge >= 0.3 is 0 Å². The van der Waals surface area contributed by atoms with E-state index in [4.69, 9.17) is 16.9 Å². The lowest BCUT2D eigenvalue weighted by atomic mass is 9.57. The molecule has 0 saturated heterocycles. The number of nitrogens with one attached hydrogen (secondary N) is 2. The molecule has 3 aromatic rings. The van der Waals surface area contributed by atoms with Crippen LogP contribution in [-0.4, -0.2) is 17.0 Å². The van der Waals surface area contributed by atoms with E-state index in [0.29, 0.717) is 37.8 Å². The van der Waals surface area contributed by atoms with Crippen molar-refractivity contribution in [3.8, 4) is 0 Å². The molecule has 34 heavy (non-hydrogen) atoms. The molecule has 3 aromatic carbocycles. The highest BCUT2D eigenvalue weighted by atomic mass is 16.1. The Labute approximate surface area is 198 Å². The summed E-state index contributed by atoms with van der Waals surface area (Å²) in [7, 11) is 0. The highest BCUT2D eigenvalue weighted by Crippen LogP contribution is 2.61. The summed E-state index contributed by atoms with van der Waals surface area (Å²) in [5.41, 5.74) is 16.1. The second-order valence-electron chi connectivity index (χ2n) is 9.65. The van der Waals surface area contributed by atoms with Crippen LogP contribution in [0, 0.1) is 16.5 Å². The van der Waals surface area contributed by atoms with E-state index in [2.05, 4.69) is 39.6 Å². The maximum absolute atomic E-state index is 13.7. The van der Waals surface area contributed by atoms with Crippen LogP contribution in [0.15, 0.2) is 88.1 Å². The number of carbonyl (C=O) groups is 1. The highest BCUT2D eigenvalue weighted by molar-refractivity contribution is 6.44. The SMILES string of the molecule is N=NC1(Cc2cccc3ccccc23)CCC2(CC1)C(=O)C(=NN)CC2(N=N)c1ccccc1. The van der Waals surface area contributed by atoms with Gasteiger partial charge in [-0.25, -0.2) is 11.1 Å². The minimum Gasteiger partial charge on any atom is -0.323 e. The van der Waals surface area contributed by atoms with Crippen molar-refractivity contribution in [3.63, 3.8) is 0 Å². The van der Waals surface area contributed by atoms with Gasteiger partial charge in [-0.3, -0.25) is 4.79 Å². The van der Waals surface area contributed by atoms with Crippen molar-refractivity contribution < 1.29 is 4.79 Å². The number of nitrogens with zero attached hydrogens (tertiary/aromatic N) is 3. The molecule has 7 heteroatoms. The van der Waals surface area contributed by atoms with Crippen molar-refractivity contribution in [1.29, 1.82) is 11.1 Å². The molecule has 5 rings (SSSR count). The third kappa shape index (κ3) is 3.10. The number of hydrogen-bond donors (Lipinski definition) is 3. The summed E-state index contributed by atoms with van der Waals surface area (Å²) in [4.78, 5) is 13.7. The van der Waals surface area contributed by atoms with Gasteiger partial charge in [-0.2, -0.15) is 15.3 Å². The zero-order valence-electron chi connectivity index (χ0n) is 19.0. The molecule has 1 atom stereocenters. The van der Waals surface area contributed by atoms with Gasteiger partial charge in [0.05, 0.1) is 11.0 Å².